The summed E-state index contributed by atoms with van der Waals surface area (Å²) < 4.78 is 27.7. The summed E-state index contributed by atoms with van der Waals surface area (Å²) in [5.74, 6) is -0.192. The van der Waals surface area contributed by atoms with Crippen molar-refractivity contribution in [2.75, 3.05) is 11.3 Å². The highest BCUT2D eigenvalue weighted by Gasteiger charge is 2.15. The fourth-order valence-electron chi connectivity index (χ4n) is 3.00. The molecular formula is C22H26N4O3S. The van der Waals surface area contributed by atoms with Crippen LogP contribution in [-0.2, 0) is 16.4 Å². The van der Waals surface area contributed by atoms with Gasteiger partial charge in [-0.1, -0.05) is 6.07 Å². The number of anilines is 1. The molecule has 0 fully saturated rings. The van der Waals surface area contributed by atoms with Crippen LogP contribution in [0.15, 0.2) is 53.6 Å². The third kappa shape index (κ3) is 5.27. The van der Waals surface area contributed by atoms with Gasteiger partial charge in [0.1, 0.15) is 0 Å². The van der Waals surface area contributed by atoms with Crippen molar-refractivity contribution in [1.82, 2.24) is 15.5 Å². The molecule has 0 saturated heterocycles. The van der Waals surface area contributed by atoms with Crippen molar-refractivity contribution in [2.24, 2.45) is 0 Å². The van der Waals surface area contributed by atoms with Gasteiger partial charge >= 0.3 is 0 Å². The normalized spacial score (nSPS) is 11.3. The summed E-state index contributed by atoms with van der Waals surface area (Å²) in [7, 11) is -3.69. The minimum absolute atomic E-state index is 0.192. The number of carbonyl (C=O) groups is 1. The minimum Gasteiger partial charge on any atom is -0.352 e. The topological polar surface area (TPSA) is 104 Å². The van der Waals surface area contributed by atoms with Crippen LogP contribution < -0.4 is 10.0 Å². The van der Waals surface area contributed by atoms with Gasteiger partial charge in [-0.2, -0.15) is 5.10 Å². The average molecular weight is 427 g/mol. The first-order valence-electron chi connectivity index (χ1n) is 9.73. The monoisotopic (exact) mass is 426 g/mol. The van der Waals surface area contributed by atoms with Crippen LogP contribution in [0.4, 0.5) is 5.69 Å². The molecule has 3 N–H and O–H groups in total. The van der Waals surface area contributed by atoms with Gasteiger partial charge in [0.05, 0.1) is 11.1 Å². The molecule has 0 aliphatic carbocycles. The van der Waals surface area contributed by atoms with Crippen LogP contribution in [0.1, 0.15) is 39.2 Å². The zero-order valence-electron chi connectivity index (χ0n) is 17.3. The molecule has 3 rings (SSSR count). The van der Waals surface area contributed by atoms with Gasteiger partial charge in [-0.15, -0.1) is 0 Å². The fourth-order valence-corrected chi connectivity index (χ4v) is 4.14. The number of H-pyrrole nitrogens is 1. The lowest BCUT2D eigenvalue weighted by molar-refractivity contribution is 0.0953. The molecule has 0 atom stereocenters. The molecule has 2 aromatic carbocycles. The van der Waals surface area contributed by atoms with Crippen LogP contribution in [0, 0.1) is 20.8 Å². The Bertz CT molecular complexity index is 1140. The highest BCUT2D eigenvalue weighted by atomic mass is 32.2. The first kappa shape index (κ1) is 21.6. The Hall–Kier alpha value is -3.13. The molecule has 0 bridgehead atoms. The maximum Gasteiger partial charge on any atom is 0.261 e. The number of hydrogen-bond donors (Lipinski definition) is 3. The van der Waals surface area contributed by atoms with Crippen LogP contribution in [0.3, 0.4) is 0 Å². The molecule has 8 heteroatoms. The Labute approximate surface area is 177 Å². The number of hydrogen-bond acceptors (Lipinski definition) is 4. The zero-order chi connectivity index (χ0) is 21.7. The molecule has 1 aromatic heterocycles. The lowest BCUT2D eigenvalue weighted by Gasteiger charge is -2.10. The third-order valence-corrected chi connectivity index (χ3v) is 6.41. The van der Waals surface area contributed by atoms with E-state index in [9.17, 15) is 13.2 Å². The maximum atomic E-state index is 12.6. The van der Waals surface area contributed by atoms with Gasteiger partial charge in [0.2, 0.25) is 0 Å². The summed E-state index contributed by atoms with van der Waals surface area (Å²) in [6.45, 7) is 6.32. The smallest absolute Gasteiger partial charge is 0.261 e. The maximum absolute atomic E-state index is 12.6. The lowest BCUT2D eigenvalue weighted by atomic mass is 10.1. The van der Waals surface area contributed by atoms with Gasteiger partial charge in [-0.3, -0.25) is 14.6 Å². The van der Waals surface area contributed by atoms with E-state index in [1.54, 1.807) is 48.7 Å². The highest BCUT2D eigenvalue weighted by molar-refractivity contribution is 7.92. The largest absolute Gasteiger partial charge is 0.352 e. The zero-order valence-corrected chi connectivity index (χ0v) is 18.1. The molecule has 0 aliphatic heterocycles. The number of benzene rings is 2. The van der Waals surface area contributed by atoms with E-state index in [1.807, 2.05) is 20.8 Å². The molecule has 3 aromatic rings. The first-order valence-corrected chi connectivity index (χ1v) is 11.2. The highest BCUT2D eigenvalue weighted by Crippen LogP contribution is 2.19. The van der Waals surface area contributed by atoms with Crippen LogP contribution in [0.2, 0.25) is 0 Å². The summed E-state index contributed by atoms with van der Waals surface area (Å²) in [4.78, 5) is 12.5. The number of aryl methyl sites for hydroxylation is 4. The summed E-state index contributed by atoms with van der Waals surface area (Å²) in [5, 5.41) is 9.76. The summed E-state index contributed by atoms with van der Waals surface area (Å²) in [6, 6.07) is 11.4. The van der Waals surface area contributed by atoms with Crippen LogP contribution >= 0.6 is 0 Å². The first-order chi connectivity index (χ1) is 14.3. The summed E-state index contributed by atoms with van der Waals surface area (Å²) in [6.07, 6.45) is 3.44. The quantitative estimate of drug-likeness (QED) is 0.480. The van der Waals surface area contributed by atoms with Crippen LogP contribution in [-0.4, -0.2) is 31.1 Å². The number of aromatic amines is 1. The predicted molar refractivity (Wildman–Crippen MR) is 117 cm³/mol. The molecule has 0 saturated carbocycles. The van der Waals surface area contributed by atoms with Crippen molar-refractivity contribution in [2.45, 2.75) is 38.5 Å². The summed E-state index contributed by atoms with van der Waals surface area (Å²) in [5.41, 5.74) is 5.01. The van der Waals surface area contributed by atoms with Gasteiger partial charge in [0.15, 0.2) is 0 Å². The molecule has 1 heterocycles. The van der Waals surface area contributed by atoms with E-state index in [0.29, 0.717) is 17.8 Å². The van der Waals surface area contributed by atoms with E-state index in [0.717, 1.165) is 35.2 Å². The number of sulfonamides is 1. The molecule has 158 valence electrons. The van der Waals surface area contributed by atoms with E-state index in [2.05, 4.69) is 20.2 Å². The van der Waals surface area contributed by atoms with Gasteiger partial charge in [0.25, 0.3) is 15.9 Å². The molecule has 0 aliphatic rings. The second kappa shape index (κ2) is 9.13. The molecule has 7 nitrogen and oxygen atoms in total. The Morgan fingerprint density at radius 2 is 1.77 bits per heavy atom. The molecule has 0 spiro atoms. The fraction of sp³-hybridized carbons (Fsp3) is 0.273. The van der Waals surface area contributed by atoms with E-state index in [-0.39, 0.29) is 10.8 Å². The molecule has 0 radical (unpaired) electrons. The van der Waals surface area contributed by atoms with Gasteiger partial charge in [-0.05, 0) is 86.7 Å². The minimum atomic E-state index is -3.69. The van der Waals surface area contributed by atoms with E-state index < -0.39 is 10.0 Å². The van der Waals surface area contributed by atoms with Crippen LogP contribution in [0.25, 0.3) is 0 Å². The Morgan fingerprint density at radius 3 is 2.40 bits per heavy atom. The second-order valence-electron chi connectivity index (χ2n) is 7.31. The number of nitrogens with zero attached hydrogens (tertiary/aromatic N) is 1. The molecular weight excluding hydrogens is 400 g/mol. The molecule has 30 heavy (non-hydrogen) atoms. The molecule has 0 unspecified atom stereocenters. The van der Waals surface area contributed by atoms with Crippen molar-refractivity contribution < 1.29 is 13.2 Å². The van der Waals surface area contributed by atoms with Gasteiger partial charge < -0.3 is 5.32 Å². The predicted octanol–water partition coefficient (Wildman–Crippen LogP) is 3.50. The number of nitrogens with one attached hydrogen (secondary N) is 3. The van der Waals surface area contributed by atoms with E-state index >= 15 is 0 Å². The van der Waals surface area contributed by atoms with Crippen molar-refractivity contribution in [3.05, 3.63) is 76.6 Å². The van der Waals surface area contributed by atoms with E-state index in [4.69, 9.17) is 0 Å². The number of aromatic nitrogens is 2. The third-order valence-electron chi connectivity index (χ3n) is 5.03. The average Bonchev–Trinajstić information content (AvgIpc) is 3.12. The Balaban J connectivity index is 1.55. The standard InChI is InChI=1S/C22H26N4O3S/c1-15-6-11-21(13-16(15)2)30(28,29)26-20-9-7-18(8-10-20)22(27)23-12-4-5-19-14-24-25-17(19)3/h6-11,13-14,26H,4-5,12H2,1-3H3,(H,23,27)(H,24,25). The summed E-state index contributed by atoms with van der Waals surface area (Å²) >= 11 is 0. The second-order valence-corrected chi connectivity index (χ2v) is 8.99. The number of carbonyl (C=O) groups excluding carboxylic acids is 1. The van der Waals surface area contributed by atoms with E-state index in [1.165, 1.54) is 0 Å². The van der Waals surface area contributed by atoms with Crippen molar-refractivity contribution in [3.8, 4) is 0 Å². The van der Waals surface area contributed by atoms with Gasteiger partial charge in [0, 0.05) is 23.5 Å². The SMILES string of the molecule is Cc1ccc(S(=O)(=O)Nc2ccc(C(=O)NCCCc3cn[nH]c3C)cc2)cc1C. The Kier molecular flexibility index (Phi) is 6.56. The van der Waals surface area contributed by atoms with Crippen molar-refractivity contribution in [3.63, 3.8) is 0 Å². The Morgan fingerprint density at radius 1 is 1.03 bits per heavy atom. The number of rotatable bonds is 8. The number of amides is 1. The van der Waals surface area contributed by atoms with Gasteiger partial charge in [-0.25, -0.2) is 8.42 Å². The van der Waals surface area contributed by atoms with Crippen LogP contribution in [0.5, 0.6) is 0 Å². The van der Waals surface area contributed by atoms with Crippen molar-refractivity contribution >= 4 is 21.6 Å². The lowest BCUT2D eigenvalue weighted by Crippen LogP contribution is -2.24. The molecule has 1 amide bonds. The van der Waals surface area contributed by atoms with Crippen molar-refractivity contribution in [1.29, 1.82) is 0 Å².